The SMILES string of the molecule is O=C1CSC=NN1. The standard InChI is InChI=1S/C3H4N2OS/c6-3-1-7-2-4-5-3/h2H,1H2,(H,5,6). The van der Waals surface area contributed by atoms with Crippen molar-refractivity contribution in [3.05, 3.63) is 0 Å². The molecule has 0 fully saturated rings. The average Bonchev–Trinajstić information content (AvgIpc) is 1.69. The van der Waals surface area contributed by atoms with E-state index in [1.165, 1.54) is 11.8 Å². The highest BCUT2D eigenvalue weighted by molar-refractivity contribution is 8.12. The van der Waals surface area contributed by atoms with Crippen LogP contribution in [0.1, 0.15) is 0 Å². The third-order valence-corrected chi connectivity index (χ3v) is 1.21. The summed E-state index contributed by atoms with van der Waals surface area (Å²) < 4.78 is 0. The van der Waals surface area contributed by atoms with Gasteiger partial charge in [0, 0.05) is 0 Å². The van der Waals surface area contributed by atoms with Crippen LogP contribution >= 0.6 is 11.8 Å². The van der Waals surface area contributed by atoms with Gasteiger partial charge in [-0.2, -0.15) is 5.10 Å². The molecule has 1 rings (SSSR count). The summed E-state index contributed by atoms with van der Waals surface area (Å²) in [5.41, 5.74) is 3.90. The molecular formula is C3H4N2OS. The summed E-state index contributed by atoms with van der Waals surface area (Å²) in [7, 11) is 0. The number of thioether (sulfide) groups is 1. The van der Waals surface area contributed by atoms with Crippen LogP contribution in [0.5, 0.6) is 0 Å². The fraction of sp³-hybridized carbons (Fsp3) is 0.333. The zero-order valence-corrected chi connectivity index (χ0v) is 4.36. The van der Waals surface area contributed by atoms with Crippen molar-refractivity contribution in [2.24, 2.45) is 5.10 Å². The molecule has 7 heavy (non-hydrogen) atoms. The fourth-order valence-corrected chi connectivity index (χ4v) is 0.699. The van der Waals surface area contributed by atoms with E-state index in [0.717, 1.165) is 0 Å². The largest absolute Gasteiger partial charge is 0.272 e. The number of nitrogens with one attached hydrogen (secondary N) is 1. The molecule has 1 N–H and O–H groups in total. The lowest BCUT2D eigenvalue weighted by atomic mass is 10.7. The topological polar surface area (TPSA) is 41.5 Å². The van der Waals surface area contributed by atoms with Gasteiger partial charge in [-0.3, -0.25) is 4.79 Å². The maximum absolute atomic E-state index is 10.2. The van der Waals surface area contributed by atoms with E-state index in [2.05, 4.69) is 10.5 Å². The van der Waals surface area contributed by atoms with Crippen molar-refractivity contribution in [1.82, 2.24) is 5.43 Å². The fourth-order valence-electron chi connectivity index (χ4n) is 0.281. The molecule has 4 heteroatoms. The predicted octanol–water partition coefficient (Wildman–Crippen LogP) is -0.207. The molecule has 0 saturated heterocycles. The van der Waals surface area contributed by atoms with E-state index in [0.29, 0.717) is 5.75 Å². The highest BCUT2D eigenvalue weighted by Crippen LogP contribution is 1.96. The van der Waals surface area contributed by atoms with Crippen molar-refractivity contribution >= 4 is 23.2 Å². The maximum atomic E-state index is 10.2. The predicted molar refractivity (Wildman–Crippen MR) is 29.1 cm³/mol. The molecular weight excluding hydrogens is 112 g/mol. The Morgan fingerprint density at radius 1 is 2.00 bits per heavy atom. The van der Waals surface area contributed by atoms with Crippen molar-refractivity contribution in [1.29, 1.82) is 0 Å². The summed E-state index contributed by atoms with van der Waals surface area (Å²) in [5.74, 6) is 0.483. The molecule has 0 unspecified atom stereocenters. The minimum atomic E-state index is -0.0208. The summed E-state index contributed by atoms with van der Waals surface area (Å²) in [6.45, 7) is 0. The molecule has 0 atom stereocenters. The number of hydrogen-bond donors (Lipinski definition) is 1. The Labute approximate surface area is 45.2 Å². The van der Waals surface area contributed by atoms with E-state index < -0.39 is 0 Å². The summed E-state index contributed by atoms with van der Waals surface area (Å²) in [6.07, 6.45) is 0. The van der Waals surface area contributed by atoms with E-state index in [-0.39, 0.29) is 5.91 Å². The zero-order chi connectivity index (χ0) is 5.11. The second kappa shape index (κ2) is 1.97. The second-order valence-electron chi connectivity index (χ2n) is 1.08. The van der Waals surface area contributed by atoms with Crippen molar-refractivity contribution in [3.63, 3.8) is 0 Å². The number of rotatable bonds is 0. The first-order valence-corrected chi connectivity index (χ1v) is 2.86. The quantitative estimate of drug-likeness (QED) is 0.476. The normalized spacial score (nSPS) is 19.1. The molecule has 0 aromatic heterocycles. The third-order valence-electron chi connectivity index (χ3n) is 0.531. The zero-order valence-electron chi connectivity index (χ0n) is 3.55. The van der Waals surface area contributed by atoms with E-state index in [1.807, 2.05) is 0 Å². The van der Waals surface area contributed by atoms with Crippen LogP contribution in [0.4, 0.5) is 0 Å². The van der Waals surface area contributed by atoms with Gasteiger partial charge in [-0.25, -0.2) is 5.43 Å². The molecule has 1 amide bonds. The van der Waals surface area contributed by atoms with Crippen molar-refractivity contribution in [3.8, 4) is 0 Å². The van der Waals surface area contributed by atoms with Crippen LogP contribution < -0.4 is 5.43 Å². The van der Waals surface area contributed by atoms with Gasteiger partial charge in [-0.1, -0.05) is 0 Å². The number of hydrazone groups is 1. The maximum Gasteiger partial charge on any atom is 0.250 e. The monoisotopic (exact) mass is 116 g/mol. The molecule has 0 aromatic carbocycles. The third kappa shape index (κ3) is 1.19. The van der Waals surface area contributed by atoms with E-state index >= 15 is 0 Å². The lowest BCUT2D eigenvalue weighted by Gasteiger charge is -1.99. The molecule has 0 radical (unpaired) electrons. The molecule has 0 aliphatic carbocycles. The smallest absolute Gasteiger partial charge is 0.250 e. The molecule has 1 heterocycles. The highest BCUT2D eigenvalue weighted by Gasteiger charge is 2.00. The summed E-state index contributed by atoms with van der Waals surface area (Å²) >= 11 is 1.40. The first-order chi connectivity index (χ1) is 3.39. The second-order valence-corrected chi connectivity index (χ2v) is 1.91. The number of carbonyl (C=O) groups is 1. The van der Waals surface area contributed by atoms with Crippen molar-refractivity contribution in [2.45, 2.75) is 0 Å². The van der Waals surface area contributed by atoms with E-state index in [9.17, 15) is 4.79 Å². The Balaban J connectivity index is 2.47. The van der Waals surface area contributed by atoms with Gasteiger partial charge in [0.1, 0.15) is 0 Å². The Bertz CT molecular complexity index is 112. The molecule has 0 saturated carbocycles. The number of carbonyl (C=O) groups excluding carboxylic acids is 1. The minimum absolute atomic E-state index is 0.0208. The molecule has 0 spiro atoms. The van der Waals surface area contributed by atoms with Gasteiger partial charge in [0.25, 0.3) is 0 Å². The van der Waals surface area contributed by atoms with Crippen molar-refractivity contribution in [2.75, 3.05) is 5.75 Å². The van der Waals surface area contributed by atoms with Crippen LogP contribution in [0.3, 0.4) is 0 Å². The summed E-state index contributed by atoms with van der Waals surface area (Å²) in [6, 6.07) is 0. The van der Waals surface area contributed by atoms with E-state index in [1.54, 1.807) is 5.55 Å². The highest BCUT2D eigenvalue weighted by atomic mass is 32.2. The van der Waals surface area contributed by atoms with Crippen LogP contribution in [-0.4, -0.2) is 17.2 Å². The van der Waals surface area contributed by atoms with Crippen LogP contribution in [0, 0.1) is 0 Å². The first-order valence-electron chi connectivity index (χ1n) is 1.81. The number of amides is 1. The lowest BCUT2D eigenvalue weighted by Crippen LogP contribution is -2.22. The van der Waals surface area contributed by atoms with Gasteiger partial charge in [-0.05, 0) is 0 Å². The van der Waals surface area contributed by atoms with Gasteiger partial charge in [0.15, 0.2) is 0 Å². The molecule has 1 aliphatic heterocycles. The van der Waals surface area contributed by atoms with Crippen LogP contribution in [0.15, 0.2) is 5.10 Å². The molecule has 3 nitrogen and oxygen atoms in total. The number of hydrogen-bond acceptors (Lipinski definition) is 3. The van der Waals surface area contributed by atoms with Crippen molar-refractivity contribution < 1.29 is 4.79 Å². The minimum Gasteiger partial charge on any atom is -0.272 e. The van der Waals surface area contributed by atoms with Gasteiger partial charge in [-0.15, -0.1) is 11.8 Å². The molecule has 0 bridgehead atoms. The van der Waals surface area contributed by atoms with Crippen LogP contribution in [-0.2, 0) is 4.79 Å². The van der Waals surface area contributed by atoms with Gasteiger partial charge >= 0.3 is 0 Å². The Kier molecular flexibility index (Phi) is 1.31. The van der Waals surface area contributed by atoms with Crippen LogP contribution in [0.2, 0.25) is 0 Å². The Hall–Kier alpha value is -0.510. The molecule has 38 valence electrons. The molecule has 0 aromatic rings. The lowest BCUT2D eigenvalue weighted by molar-refractivity contribution is -0.118. The van der Waals surface area contributed by atoms with Crippen LogP contribution in [0.25, 0.3) is 0 Å². The van der Waals surface area contributed by atoms with Gasteiger partial charge in [0.05, 0.1) is 11.3 Å². The van der Waals surface area contributed by atoms with Gasteiger partial charge in [0.2, 0.25) is 5.91 Å². The van der Waals surface area contributed by atoms with Gasteiger partial charge < -0.3 is 0 Å². The summed E-state index contributed by atoms with van der Waals surface area (Å²) in [4.78, 5) is 10.2. The number of nitrogens with zero attached hydrogens (tertiary/aromatic N) is 1. The molecule has 1 aliphatic rings. The average molecular weight is 116 g/mol. The van der Waals surface area contributed by atoms with E-state index in [4.69, 9.17) is 0 Å². The Morgan fingerprint density at radius 3 is 3.14 bits per heavy atom. The summed E-state index contributed by atoms with van der Waals surface area (Å²) in [5, 5.41) is 3.50. The Morgan fingerprint density at radius 2 is 2.86 bits per heavy atom. The first kappa shape index (κ1) is 4.64.